The van der Waals surface area contributed by atoms with Crippen molar-refractivity contribution in [3.8, 4) is 0 Å². The van der Waals surface area contributed by atoms with Crippen LogP contribution in [0, 0.1) is 5.92 Å². The lowest BCUT2D eigenvalue weighted by Gasteiger charge is -2.17. The first kappa shape index (κ1) is 16.1. The second-order valence-electron chi connectivity index (χ2n) is 4.56. The zero-order chi connectivity index (χ0) is 14.6. The van der Waals surface area contributed by atoms with E-state index in [0.717, 1.165) is 4.47 Å². The van der Waals surface area contributed by atoms with Crippen LogP contribution in [0.5, 0.6) is 0 Å². The fourth-order valence-corrected chi connectivity index (χ4v) is 3.25. The molecule has 2 N–H and O–H groups in total. The van der Waals surface area contributed by atoms with Crippen molar-refractivity contribution < 1.29 is 18.3 Å². The van der Waals surface area contributed by atoms with Gasteiger partial charge < -0.3 is 5.11 Å². The van der Waals surface area contributed by atoms with Gasteiger partial charge in [-0.05, 0) is 23.6 Å². The monoisotopic (exact) mass is 349 g/mol. The molecule has 1 atom stereocenters. The normalized spacial score (nSPS) is 13.5. The molecule has 0 unspecified atom stereocenters. The Hall–Kier alpha value is -0.920. The lowest BCUT2D eigenvalue weighted by atomic mass is 10.1. The molecular formula is C12H16BrNO4S. The van der Waals surface area contributed by atoms with Crippen molar-refractivity contribution in [2.75, 3.05) is 0 Å². The van der Waals surface area contributed by atoms with E-state index in [4.69, 9.17) is 5.11 Å². The minimum atomic E-state index is -3.68. The molecule has 5 nitrogen and oxygen atoms in total. The van der Waals surface area contributed by atoms with Crippen LogP contribution in [0.4, 0.5) is 0 Å². The summed E-state index contributed by atoms with van der Waals surface area (Å²) in [5.74, 6) is -1.73. The number of halogens is 1. The number of sulfonamides is 1. The molecule has 0 aliphatic carbocycles. The van der Waals surface area contributed by atoms with Crippen LogP contribution in [0.3, 0.4) is 0 Å². The van der Waals surface area contributed by atoms with Crippen LogP contribution in [0.2, 0.25) is 0 Å². The van der Waals surface area contributed by atoms with Gasteiger partial charge in [-0.15, -0.1) is 0 Å². The first-order valence-corrected chi connectivity index (χ1v) is 8.13. The SMILES string of the molecule is CC(C)[C@H](NS(=O)(=O)Cc1ccc(Br)cc1)C(=O)O. The van der Waals surface area contributed by atoms with Gasteiger partial charge in [-0.25, -0.2) is 13.1 Å². The number of carboxylic acid groups (broad SMARTS) is 1. The maximum Gasteiger partial charge on any atom is 0.321 e. The van der Waals surface area contributed by atoms with Crippen molar-refractivity contribution >= 4 is 31.9 Å². The molecule has 0 aromatic heterocycles. The lowest BCUT2D eigenvalue weighted by molar-refractivity contribution is -0.140. The molecule has 1 rings (SSSR count). The van der Waals surface area contributed by atoms with Gasteiger partial charge in [0.25, 0.3) is 0 Å². The smallest absolute Gasteiger partial charge is 0.321 e. The van der Waals surface area contributed by atoms with E-state index in [9.17, 15) is 13.2 Å². The quantitative estimate of drug-likeness (QED) is 0.822. The molecule has 0 radical (unpaired) electrons. The van der Waals surface area contributed by atoms with Gasteiger partial charge in [-0.3, -0.25) is 4.79 Å². The molecule has 7 heteroatoms. The van der Waals surface area contributed by atoms with Gasteiger partial charge >= 0.3 is 5.97 Å². The van der Waals surface area contributed by atoms with Crippen LogP contribution in [0.15, 0.2) is 28.7 Å². The molecule has 0 heterocycles. The molecule has 19 heavy (non-hydrogen) atoms. The molecular weight excluding hydrogens is 334 g/mol. The number of rotatable bonds is 6. The summed E-state index contributed by atoms with van der Waals surface area (Å²) in [7, 11) is -3.68. The van der Waals surface area contributed by atoms with Gasteiger partial charge in [0.05, 0.1) is 5.75 Å². The molecule has 0 saturated carbocycles. The summed E-state index contributed by atoms with van der Waals surface area (Å²) in [5.41, 5.74) is 0.601. The summed E-state index contributed by atoms with van der Waals surface area (Å²) >= 11 is 3.26. The number of aliphatic carboxylic acids is 1. The average Bonchev–Trinajstić information content (AvgIpc) is 2.28. The van der Waals surface area contributed by atoms with Gasteiger partial charge in [0, 0.05) is 4.47 Å². The number of carboxylic acids is 1. The van der Waals surface area contributed by atoms with Crippen molar-refractivity contribution in [1.82, 2.24) is 4.72 Å². The number of hydrogen-bond donors (Lipinski definition) is 2. The fraction of sp³-hybridized carbons (Fsp3) is 0.417. The summed E-state index contributed by atoms with van der Waals surface area (Å²) in [5, 5.41) is 8.98. The molecule has 0 spiro atoms. The Morgan fingerprint density at radius 1 is 1.32 bits per heavy atom. The number of benzene rings is 1. The van der Waals surface area contributed by atoms with Gasteiger partial charge in [-0.1, -0.05) is 41.9 Å². The van der Waals surface area contributed by atoms with Gasteiger partial charge in [0.1, 0.15) is 6.04 Å². The van der Waals surface area contributed by atoms with Gasteiger partial charge in [0.15, 0.2) is 0 Å². The Balaban J connectivity index is 2.81. The second-order valence-corrected chi connectivity index (χ2v) is 7.23. The summed E-state index contributed by atoms with van der Waals surface area (Å²) < 4.78 is 26.9. The topological polar surface area (TPSA) is 83.5 Å². The third-order valence-electron chi connectivity index (χ3n) is 2.51. The van der Waals surface area contributed by atoms with E-state index in [-0.39, 0.29) is 11.7 Å². The minimum absolute atomic E-state index is 0.239. The maximum atomic E-state index is 11.9. The maximum absolute atomic E-state index is 11.9. The van der Waals surface area contributed by atoms with Crippen molar-refractivity contribution in [2.45, 2.75) is 25.6 Å². The highest BCUT2D eigenvalue weighted by atomic mass is 79.9. The van der Waals surface area contributed by atoms with Crippen molar-refractivity contribution in [3.63, 3.8) is 0 Å². The van der Waals surface area contributed by atoms with Crippen LogP contribution in [-0.4, -0.2) is 25.5 Å². The number of carbonyl (C=O) groups is 1. The van der Waals surface area contributed by atoms with Crippen LogP contribution in [0.1, 0.15) is 19.4 Å². The highest BCUT2D eigenvalue weighted by Crippen LogP contribution is 2.13. The largest absolute Gasteiger partial charge is 0.480 e. The second kappa shape index (κ2) is 6.49. The Morgan fingerprint density at radius 2 is 1.84 bits per heavy atom. The molecule has 106 valence electrons. The minimum Gasteiger partial charge on any atom is -0.480 e. The van der Waals surface area contributed by atoms with Crippen LogP contribution >= 0.6 is 15.9 Å². The third kappa shape index (κ3) is 5.30. The van der Waals surface area contributed by atoms with Gasteiger partial charge in [0.2, 0.25) is 10.0 Å². The summed E-state index contributed by atoms with van der Waals surface area (Å²) in [6.07, 6.45) is 0. The highest BCUT2D eigenvalue weighted by Gasteiger charge is 2.26. The summed E-state index contributed by atoms with van der Waals surface area (Å²) in [6.45, 7) is 3.31. The van der Waals surface area contributed by atoms with Crippen LogP contribution < -0.4 is 4.72 Å². The molecule has 0 fully saturated rings. The van der Waals surface area contributed by atoms with Crippen LogP contribution in [0.25, 0.3) is 0 Å². The van der Waals surface area contributed by atoms with Crippen molar-refractivity contribution in [2.24, 2.45) is 5.92 Å². The Bertz CT molecular complexity index is 539. The van der Waals surface area contributed by atoms with Crippen molar-refractivity contribution in [3.05, 3.63) is 34.3 Å². The summed E-state index contributed by atoms with van der Waals surface area (Å²) in [6, 6.07) is 5.72. The molecule has 0 saturated heterocycles. The third-order valence-corrected chi connectivity index (χ3v) is 4.36. The Kier molecular flexibility index (Phi) is 5.51. The zero-order valence-electron chi connectivity index (χ0n) is 10.6. The van der Waals surface area contributed by atoms with E-state index in [1.807, 2.05) is 0 Å². The molecule has 0 aliphatic heterocycles. The molecule has 0 amide bonds. The Labute approximate surface area is 121 Å². The Morgan fingerprint density at radius 3 is 2.26 bits per heavy atom. The van der Waals surface area contributed by atoms with E-state index in [2.05, 4.69) is 20.7 Å². The standard InChI is InChI=1S/C12H16BrNO4S/c1-8(2)11(12(15)16)14-19(17,18)7-9-3-5-10(13)6-4-9/h3-6,8,11,14H,7H2,1-2H3,(H,15,16)/t11-/m0/s1. The van der Waals surface area contributed by atoms with E-state index in [0.29, 0.717) is 5.56 Å². The molecule has 0 bridgehead atoms. The zero-order valence-corrected chi connectivity index (χ0v) is 13.0. The van der Waals surface area contributed by atoms with E-state index >= 15 is 0 Å². The molecule has 1 aromatic rings. The van der Waals surface area contributed by atoms with Crippen LogP contribution in [-0.2, 0) is 20.6 Å². The van der Waals surface area contributed by atoms with Crippen molar-refractivity contribution in [1.29, 1.82) is 0 Å². The fourth-order valence-electron chi connectivity index (χ4n) is 1.51. The molecule has 0 aliphatic rings. The predicted octanol–water partition coefficient (Wildman–Crippen LogP) is 1.98. The van der Waals surface area contributed by atoms with E-state index in [1.54, 1.807) is 38.1 Å². The highest BCUT2D eigenvalue weighted by molar-refractivity contribution is 9.10. The predicted molar refractivity (Wildman–Crippen MR) is 76.2 cm³/mol. The molecule has 1 aromatic carbocycles. The summed E-state index contributed by atoms with van der Waals surface area (Å²) in [4.78, 5) is 11.0. The number of hydrogen-bond acceptors (Lipinski definition) is 3. The van der Waals surface area contributed by atoms with Gasteiger partial charge in [-0.2, -0.15) is 0 Å². The van der Waals surface area contributed by atoms with E-state index < -0.39 is 22.0 Å². The first-order valence-electron chi connectivity index (χ1n) is 5.68. The lowest BCUT2D eigenvalue weighted by Crippen LogP contribution is -2.44. The van der Waals surface area contributed by atoms with E-state index in [1.165, 1.54) is 0 Å². The number of nitrogens with one attached hydrogen (secondary N) is 1. The average molecular weight is 350 g/mol. The first-order chi connectivity index (χ1) is 8.71.